The monoisotopic (exact) mass is 211 g/mol. The molecule has 0 spiro atoms. The van der Waals surface area contributed by atoms with Gasteiger partial charge in [-0.3, -0.25) is 0 Å². The van der Waals surface area contributed by atoms with Crippen LogP contribution in [-0.2, 0) is 6.61 Å². The molecule has 0 saturated heterocycles. The topological polar surface area (TPSA) is 55.5 Å². The number of aliphatic hydroxyl groups is 1. The van der Waals surface area contributed by atoms with Gasteiger partial charge in [0.05, 0.1) is 7.11 Å². The van der Waals surface area contributed by atoms with E-state index in [9.17, 15) is 0 Å². The molecule has 5 heteroatoms. The molecule has 0 fully saturated rings. The van der Waals surface area contributed by atoms with E-state index < -0.39 is 0 Å². The zero-order valence-corrected chi connectivity index (χ0v) is 8.37. The fourth-order valence-electron chi connectivity index (χ4n) is 1.06. The third-order valence-corrected chi connectivity index (χ3v) is 2.53. The van der Waals surface area contributed by atoms with Gasteiger partial charge in [0, 0.05) is 5.38 Å². The van der Waals surface area contributed by atoms with Crippen molar-refractivity contribution in [2.45, 2.75) is 6.61 Å². The maximum atomic E-state index is 8.81. The third kappa shape index (κ3) is 1.64. The van der Waals surface area contributed by atoms with Crippen LogP contribution in [-0.4, -0.2) is 17.2 Å². The lowest BCUT2D eigenvalue weighted by Gasteiger charge is -1.90. The fourth-order valence-corrected chi connectivity index (χ4v) is 1.69. The van der Waals surface area contributed by atoms with E-state index >= 15 is 0 Å². The summed E-state index contributed by atoms with van der Waals surface area (Å²) >= 11 is 1.41. The predicted octanol–water partition coefficient (Wildman–Crippen LogP) is 1.90. The van der Waals surface area contributed by atoms with E-state index in [-0.39, 0.29) is 6.61 Å². The second-order valence-corrected chi connectivity index (χ2v) is 3.45. The molecular formula is C9H9NO3S. The van der Waals surface area contributed by atoms with Gasteiger partial charge in [-0.1, -0.05) is 11.3 Å². The molecule has 1 N–H and O–H groups in total. The van der Waals surface area contributed by atoms with E-state index in [1.54, 1.807) is 19.2 Å². The first-order chi connectivity index (χ1) is 6.83. The van der Waals surface area contributed by atoms with Crippen LogP contribution in [0.2, 0.25) is 0 Å². The second-order valence-electron chi connectivity index (χ2n) is 2.63. The van der Waals surface area contributed by atoms with Crippen molar-refractivity contribution >= 4 is 11.3 Å². The smallest absolute Gasteiger partial charge is 0.273 e. The van der Waals surface area contributed by atoms with Gasteiger partial charge in [-0.15, -0.1) is 0 Å². The van der Waals surface area contributed by atoms with Gasteiger partial charge < -0.3 is 14.3 Å². The Balaban J connectivity index is 2.29. The average Bonchev–Trinajstić information content (AvgIpc) is 2.86. The molecule has 0 saturated carbocycles. The highest BCUT2D eigenvalue weighted by Crippen LogP contribution is 2.27. The van der Waals surface area contributed by atoms with Gasteiger partial charge in [0.1, 0.15) is 18.1 Å². The number of methoxy groups -OCH3 is 1. The number of rotatable bonds is 3. The number of hydrogen-bond acceptors (Lipinski definition) is 5. The molecule has 2 heterocycles. The lowest BCUT2D eigenvalue weighted by atomic mass is 10.4. The molecule has 0 bridgehead atoms. The van der Waals surface area contributed by atoms with Crippen molar-refractivity contribution in [3.05, 3.63) is 23.3 Å². The van der Waals surface area contributed by atoms with Crippen LogP contribution in [0.25, 0.3) is 11.5 Å². The number of nitrogens with zero attached hydrogens (tertiary/aromatic N) is 1. The summed E-state index contributed by atoms with van der Waals surface area (Å²) in [6.07, 6.45) is 0. The predicted molar refractivity (Wildman–Crippen MR) is 52.3 cm³/mol. The third-order valence-electron chi connectivity index (χ3n) is 1.73. The molecule has 74 valence electrons. The molecule has 0 aliphatic rings. The van der Waals surface area contributed by atoms with Gasteiger partial charge in [-0.2, -0.15) is 4.98 Å². The fraction of sp³-hybridized carbons (Fsp3) is 0.222. The van der Waals surface area contributed by atoms with Crippen molar-refractivity contribution < 1.29 is 14.3 Å². The Morgan fingerprint density at radius 2 is 2.43 bits per heavy atom. The molecule has 0 atom stereocenters. The van der Waals surface area contributed by atoms with Crippen LogP contribution in [0.4, 0.5) is 0 Å². The first-order valence-corrected chi connectivity index (χ1v) is 4.91. The zero-order chi connectivity index (χ0) is 9.97. The maximum absolute atomic E-state index is 8.81. The van der Waals surface area contributed by atoms with Crippen molar-refractivity contribution in [2.24, 2.45) is 0 Å². The van der Waals surface area contributed by atoms with Crippen LogP contribution in [0.3, 0.4) is 0 Å². The summed E-state index contributed by atoms with van der Waals surface area (Å²) < 4.78 is 10.3. The molecule has 0 amide bonds. The maximum Gasteiger partial charge on any atom is 0.273 e. The first-order valence-electron chi connectivity index (χ1n) is 4.03. The molecular weight excluding hydrogens is 202 g/mol. The molecule has 2 rings (SSSR count). The highest BCUT2D eigenvalue weighted by molar-refractivity contribution is 7.11. The molecule has 14 heavy (non-hydrogen) atoms. The Hall–Kier alpha value is -1.33. The van der Waals surface area contributed by atoms with Crippen LogP contribution in [0.15, 0.2) is 21.9 Å². The van der Waals surface area contributed by atoms with Gasteiger partial charge >= 0.3 is 0 Å². The number of ether oxygens (including phenoxy) is 1. The number of thiazole rings is 1. The highest BCUT2D eigenvalue weighted by atomic mass is 32.1. The summed E-state index contributed by atoms with van der Waals surface area (Å²) in [5.41, 5.74) is 0.728. The van der Waals surface area contributed by atoms with Gasteiger partial charge in [0.15, 0.2) is 5.76 Å². The average molecular weight is 211 g/mol. The van der Waals surface area contributed by atoms with Crippen LogP contribution in [0, 0.1) is 0 Å². The molecule has 2 aromatic rings. The Kier molecular flexibility index (Phi) is 2.51. The highest BCUT2D eigenvalue weighted by Gasteiger charge is 2.08. The molecule has 0 radical (unpaired) electrons. The minimum absolute atomic E-state index is 0.0960. The summed E-state index contributed by atoms with van der Waals surface area (Å²) in [6.45, 7) is -0.0960. The molecule has 2 aromatic heterocycles. The minimum Gasteiger partial charge on any atom is -0.473 e. The summed E-state index contributed by atoms with van der Waals surface area (Å²) in [5, 5.41) is 11.3. The van der Waals surface area contributed by atoms with E-state index in [0.717, 1.165) is 5.69 Å². The standard InChI is InChI=1S/C9H9NO3S/c1-12-9-10-7(5-14-9)8-3-2-6(4-11)13-8/h2-3,5,11H,4H2,1H3. The van der Waals surface area contributed by atoms with Crippen LogP contribution < -0.4 is 4.74 Å². The molecule has 0 aromatic carbocycles. The lowest BCUT2D eigenvalue weighted by molar-refractivity contribution is 0.248. The molecule has 0 aliphatic carbocycles. The first kappa shape index (κ1) is 9.23. The van der Waals surface area contributed by atoms with Crippen molar-refractivity contribution in [3.8, 4) is 16.6 Å². The van der Waals surface area contributed by atoms with Crippen molar-refractivity contribution in [1.82, 2.24) is 4.98 Å². The Bertz CT molecular complexity index is 381. The van der Waals surface area contributed by atoms with Gasteiger partial charge in [-0.25, -0.2) is 0 Å². The molecule has 0 aliphatic heterocycles. The van der Waals surface area contributed by atoms with Crippen molar-refractivity contribution in [2.75, 3.05) is 7.11 Å². The number of aliphatic hydroxyl groups excluding tert-OH is 1. The van der Waals surface area contributed by atoms with E-state index in [0.29, 0.717) is 16.7 Å². The zero-order valence-electron chi connectivity index (χ0n) is 7.56. The van der Waals surface area contributed by atoms with Gasteiger partial charge in [-0.05, 0) is 12.1 Å². The quantitative estimate of drug-likeness (QED) is 0.842. The Morgan fingerprint density at radius 3 is 3.00 bits per heavy atom. The lowest BCUT2D eigenvalue weighted by Crippen LogP contribution is -1.80. The van der Waals surface area contributed by atoms with Crippen molar-refractivity contribution in [3.63, 3.8) is 0 Å². The van der Waals surface area contributed by atoms with E-state index in [1.165, 1.54) is 11.3 Å². The van der Waals surface area contributed by atoms with Gasteiger partial charge in [0.2, 0.25) is 0 Å². The number of furan rings is 1. The normalized spacial score (nSPS) is 10.4. The molecule has 0 unspecified atom stereocenters. The van der Waals surface area contributed by atoms with Gasteiger partial charge in [0.25, 0.3) is 5.19 Å². The Morgan fingerprint density at radius 1 is 1.57 bits per heavy atom. The largest absolute Gasteiger partial charge is 0.473 e. The number of aromatic nitrogens is 1. The van der Waals surface area contributed by atoms with Crippen molar-refractivity contribution in [1.29, 1.82) is 0 Å². The minimum atomic E-state index is -0.0960. The summed E-state index contributed by atoms with van der Waals surface area (Å²) in [7, 11) is 1.57. The summed E-state index contributed by atoms with van der Waals surface area (Å²) in [4.78, 5) is 4.17. The van der Waals surface area contributed by atoms with Crippen LogP contribution in [0.5, 0.6) is 5.19 Å². The SMILES string of the molecule is COc1nc(-c2ccc(CO)o2)cs1. The van der Waals surface area contributed by atoms with E-state index in [1.807, 2.05) is 5.38 Å². The van der Waals surface area contributed by atoms with E-state index in [2.05, 4.69) is 4.98 Å². The van der Waals surface area contributed by atoms with Crippen LogP contribution in [0.1, 0.15) is 5.76 Å². The molecule has 4 nitrogen and oxygen atoms in total. The summed E-state index contributed by atoms with van der Waals surface area (Å²) in [5.74, 6) is 1.18. The summed E-state index contributed by atoms with van der Waals surface area (Å²) in [6, 6.07) is 3.50. The second kappa shape index (κ2) is 3.81. The Labute approximate surface area is 84.8 Å². The van der Waals surface area contributed by atoms with Crippen LogP contribution >= 0.6 is 11.3 Å². The van der Waals surface area contributed by atoms with E-state index in [4.69, 9.17) is 14.3 Å². The number of hydrogen-bond donors (Lipinski definition) is 1.